The van der Waals surface area contributed by atoms with Crippen molar-refractivity contribution in [3.63, 3.8) is 0 Å². The SMILES string of the molecule is CCOCC1CC(C(C)=O)C(=O)O1. The third kappa shape index (κ3) is 2.52. The van der Waals surface area contributed by atoms with E-state index >= 15 is 0 Å². The monoisotopic (exact) mass is 186 g/mol. The maximum atomic E-state index is 11.1. The lowest BCUT2D eigenvalue weighted by atomic mass is 10.0. The van der Waals surface area contributed by atoms with Crippen molar-refractivity contribution in [3.05, 3.63) is 0 Å². The first kappa shape index (κ1) is 10.2. The zero-order chi connectivity index (χ0) is 9.84. The highest BCUT2D eigenvalue weighted by molar-refractivity contribution is 5.98. The van der Waals surface area contributed by atoms with E-state index in [1.54, 1.807) is 0 Å². The second kappa shape index (κ2) is 4.37. The summed E-state index contributed by atoms with van der Waals surface area (Å²) in [5.74, 6) is -1.09. The predicted octanol–water partition coefficient (Wildman–Crippen LogP) is 0.544. The number of ether oxygens (including phenoxy) is 2. The van der Waals surface area contributed by atoms with E-state index in [0.29, 0.717) is 19.6 Å². The van der Waals surface area contributed by atoms with Gasteiger partial charge in [0, 0.05) is 13.0 Å². The molecule has 1 saturated heterocycles. The van der Waals surface area contributed by atoms with Gasteiger partial charge >= 0.3 is 5.97 Å². The third-order valence-corrected chi connectivity index (χ3v) is 2.06. The Kier molecular flexibility index (Phi) is 3.42. The molecule has 4 nitrogen and oxygen atoms in total. The van der Waals surface area contributed by atoms with Crippen molar-refractivity contribution >= 4 is 11.8 Å². The molecule has 1 aliphatic rings. The van der Waals surface area contributed by atoms with Crippen LogP contribution in [0.3, 0.4) is 0 Å². The summed E-state index contributed by atoms with van der Waals surface area (Å²) in [6, 6.07) is 0. The zero-order valence-corrected chi connectivity index (χ0v) is 7.91. The maximum absolute atomic E-state index is 11.1. The van der Waals surface area contributed by atoms with Crippen molar-refractivity contribution in [1.29, 1.82) is 0 Å². The number of esters is 1. The van der Waals surface area contributed by atoms with E-state index in [-0.39, 0.29) is 11.9 Å². The molecule has 1 heterocycles. The largest absolute Gasteiger partial charge is 0.459 e. The molecular weight excluding hydrogens is 172 g/mol. The van der Waals surface area contributed by atoms with E-state index in [0.717, 1.165) is 0 Å². The highest BCUT2D eigenvalue weighted by Crippen LogP contribution is 2.21. The van der Waals surface area contributed by atoms with Gasteiger partial charge < -0.3 is 9.47 Å². The molecule has 0 bridgehead atoms. The highest BCUT2D eigenvalue weighted by atomic mass is 16.6. The molecule has 0 aliphatic carbocycles. The lowest BCUT2D eigenvalue weighted by Crippen LogP contribution is -2.15. The molecule has 0 saturated carbocycles. The second-order valence-corrected chi connectivity index (χ2v) is 3.12. The summed E-state index contributed by atoms with van der Waals surface area (Å²) in [6.45, 7) is 4.28. The maximum Gasteiger partial charge on any atom is 0.316 e. The van der Waals surface area contributed by atoms with Crippen molar-refractivity contribution in [3.8, 4) is 0 Å². The molecule has 13 heavy (non-hydrogen) atoms. The fraction of sp³-hybridized carbons (Fsp3) is 0.778. The molecule has 0 amide bonds. The van der Waals surface area contributed by atoms with Crippen LogP contribution in [-0.4, -0.2) is 31.1 Å². The molecular formula is C9H14O4. The number of ketones is 1. The molecule has 2 atom stereocenters. The van der Waals surface area contributed by atoms with Crippen molar-refractivity contribution < 1.29 is 19.1 Å². The Balaban J connectivity index is 2.41. The van der Waals surface area contributed by atoms with Crippen molar-refractivity contribution in [2.75, 3.05) is 13.2 Å². The minimum absolute atomic E-state index is 0.121. The van der Waals surface area contributed by atoms with Gasteiger partial charge in [-0.25, -0.2) is 0 Å². The van der Waals surface area contributed by atoms with Gasteiger partial charge in [-0.3, -0.25) is 9.59 Å². The van der Waals surface area contributed by atoms with Crippen LogP contribution in [0.4, 0.5) is 0 Å². The number of carbonyl (C=O) groups is 2. The number of Topliss-reactive ketones (excluding diaryl/α,β-unsaturated/α-hetero) is 1. The number of cyclic esters (lactones) is 1. The molecule has 0 aromatic carbocycles. The van der Waals surface area contributed by atoms with Gasteiger partial charge in [0.1, 0.15) is 17.8 Å². The summed E-state index contributed by atoms with van der Waals surface area (Å²) in [5.41, 5.74) is 0. The molecule has 1 rings (SSSR count). The van der Waals surface area contributed by atoms with Crippen LogP contribution in [0.5, 0.6) is 0 Å². The van der Waals surface area contributed by atoms with Gasteiger partial charge in [0.25, 0.3) is 0 Å². The summed E-state index contributed by atoms with van der Waals surface area (Å²) < 4.78 is 10.1. The van der Waals surface area contributed by atoms with Crippen LogP contribution < -0.4 is 0 Å². The molecule has 1 fully saturated rings. The smallest absolute Gasteiger partial charge is 0.316 e. The van der Waals surface area contributed by atoms with Gasteiger partial charge in [-0.2, -0.15) is 0 Å². The average Bonchev–Trinajstić information content (AvgIpc) is 2.43. The minimum Gasteiger partial charge on any atom is -0.459 e. The minimum atomic E-state index is -0.564. The molecule has 0 radical (unpaired) electrons. The lowest BCUT2D eigenvalue weighted by molar-refractivity contribution is -0.147. The summed E-state index contributed by atoms with van der Waals surface area (Å²) in [6.07, 6.45) is 0.232. The number of hydrogen-bond donors (Lipinski definition) is 0. The van der Waals surface area contributed by atoms with Crippen molar-refractivity contribution in [2.45, 2.75) is 26.4 Å². The molecule has 74 valence electrons. The fourth-order valence-corrected chi connectivity index (χ4v) is 1.34. The van der Waals surface area contributed by atoms with Gasteiger partial charge in [0.05, 0.1) is 6.61 Å². The summed E-state index contributed by atoms with van der Waals surface area (Å²) in [4.78, 5) is 22.0. The summed E-state index contributed by atoms with van der Waals surface area (Å²) in [7, 11) is 0. The first-order chi connectivity index (χ1) is 6.15. The Bertz CT molecular complexity index is 212. The van der Waals surface area contributed by atoms with E-state index in [1.807, 2.05) is 6.92 Å². The fourth-order valence-electron chi connectivity index (χ4n) is 1.34. The van der Waals surface area contributed by atoms with Gasteiger partial charge in [0.2, 0.25) is 0 Å². The molecule has 0 aromatic heterocycles. The van der Waals surface area contributed by atoms with Crippen molar-refractivity contribution in [1.82, 2.24) is 0 Å². The first-order valence-corrected chi connectivity index (χ1v) is 4.43. The molecule has 0 spiro atoms. The Morgan fingerprint density at radius 2 is 2.38 bits per heavy atom. The molecule has 0 N–H and O–H groups in total. The van der Waals surface area contributed by atoms with Crippen LogP contribution in [0.2, 0.25) is 0 Å². The standard InChI is InChI=1S/C9H14O4/c1-3-12-5-7-4-8(6(2)10)9(11)13-7/h7-8H,3-5H2,1-2H3. The molecule has 0 aromatic rings. The van der Waals surface area contributed by atoms with Crippen LogP contribution in [0.25, 0.3) is 0 Å². The Morgan fingerprint density at radius 1 is 1.69 bits per heavy atom. The highest BCUT2D eigenvalue weighted by Gasteiger charge is 2.37. The normalized spacial score (nSPS) is 27.4. The molecule has 4 heteroatoms. The molecule has 1 aliphatic heterocycles. The van der Waals surface area contributed by atoms with Crippen LogP contribution in [-0.2, 0) is 19.1 Å². The van der Waals surface area contributed by atoms with Gasteiger partial charge in [-0.05, 0) is 13.8 Å². The van der Waals surface area contributed by atoms with E-state index in [9.17, 15) is 9.59 Å². The number of hydrogen-bond acceptors (Lipinski definition) is 4. The van der Waals surface area contributed by atoms with Crippen LogP contribution in [0.15, 0.2) is 0 Å². The second-order valence-electron chi connectivity index (χ2n) is 3.12. The first-order valence-electron chi connectivity index (χ1n) is 4.43. The Morgan fingerprint density at radius 3 is 2.85 bits per heavy atom. The Hall–Kier alpha value is -0.900. The quantitative estimate of drug-likeness (QED) is 0.475. The van der Waals surface area contributed by atoms with Crippen LogP contribution in [0.1, 0.15) is 20.3 Å². The topological polar surface area (TPSA) is 52.6 Å². The van der Waals surface area contributed by atoms with E-state index < -0.39 is 11.9 Å². The summed E-state index contributed by atoms with van der Waals surface area (Å²) in [5, 5.41) is 0. The average molecular weight is 186 g/mol. The van der Waals surface area contributed by atoms with E-state index in [4.69, 9.17) is 9.47 Å². The molecule has 2 unspecified atom stereocenters. The Labute approximate surface area is 77.2 Å². The number of rotatable bonds is 4. The van der Waals surface area contributed by atoms with Gasteiger partial charge in [-0.1, -0.05) is 0 Å². The lowest BCUT2D eigenvalue weighted by Gasteiger charge is -2.07. The summed E-state index contributed by atoms with van der Waals surface area (Å²) >= 11 is 0. The van der Waals surface area contributed by atoms with E-state index in [2.05, 4.69) is 0 Å². The van der Waals surface area contributed by atoms with Gasteiger partial charge in [0.15, 0.2) is 0 Å². The third-order valence-electron chi connectivity index (χ3n) is 2.06. The van der Waals surface area contributed by atoms with Gasteiger partial charge in [-0.15, -0.1) is 0 Å². The van der Waals surface area contributed by atoms with Crippen LogP contribution >= 0.6 is 0 Å². The predicted molar refractivity (Wildman–Crippen MR) is 45.2 cm³/mol. The number of carbonyl (C=O) groups excluding carboxylic acids is 2. The van der Waals surface area contributed by atoms with Crippen molar-refractivity contribution in [2.24, 2.45) is 5.92 Å². The van der Waals surface area contributed by atoms with E-state index in [1.165, 1.54) is 6.92 Å². The van der Waals surface area contributed by atoms with Crippen LogP contribution in [0, 0.1) is 5.92 Å². The zero-order valence-electron chi connectivity index (χ0n) is 7.91.